The Hall–Kier alpha value is -3.32. The van der Waals surface area contributed by atoms with Gasteiger partial charge in [-0.15, -0.1) is 45.3 Å². The predicted molar refractivity (Wildman–Crippen MR) is 144 cm³/mol. The van der Waals surface area contributed by atoms with Gasteiger partial charge in [0.2, 0.25) is 11.8 Å². The molecule has 2 N–H and O–H groups in total. The van der Waals surface area contributed by atoms with Crippen molar-refractivity contribution in [2.24, 2.45) is 5.41 Å². The third-order valence-electron chi connectivity index (χ3n) is 5.35. The van der Waals surface area contributed by atoms with Gasteiger partial charge in [-0.2, -0.15) is 0 Å². The molecule has 37 heavy (non-hydrogen) atoms. The van der Waals surface area contributed by atoms with Crippen molar-refractivity contribution >= 4 is 79.1 Å². The van der Waals surface area contributed by atoms with Crippen LogP contribution in [-0.4, -0.2) is 23.8 Å². The molecule has 192 valence electrons. The van der Waals surface area contributed by atoms with E-state index in [2.05, 4.69) is 10.6 Å². The molecule has 0 bridgehead atoms. The number of anilines is 2. The number of hydrogen-bond donors (Lipinski definition) is 2. The highest BCUT2D eigenvalue weighted by Gasteiger charge is 2.28. The van der Waals surface area contributed by atoms with Crippen LogP contribution in [0.2, 0.25) is 0 Å². The summed E-state index contributed by atoms with van der Waals surface area (Å²) in [6.45, 7) is 3.45. The zero-order chi connectivity index (χ0) is 26.7. The van der Waals surface area contributed by atoms with Gasteiger partial charge in [0.15, 0.2) is 0 Å². The SMILES string of the molecule is CC(C)(CC(=O)Nc1scc(-c2cccs2)c1C(=O)[O-])CC(=O)Nc1scc(-c2cccs2)c1C(=O)[O-]. The summed E-state index contributed by atoms with van der Waals surface area (Å²) in [5.74, 6) is -3.68. The molecule has 0 atom stereocenters. The Kier molecular flexibility index (Phi) is 7.93. The highest BCUT2D eigenvalue weighted by molar-refractivity contribution is 7.17. The van der Waals surface area contributed by atoms with E-state index in [1.54, 1.807) is 48.9 Å². The molecule has 4 heterocycles. The Morgan fingerprint density at radius 3 is 1.46 bits per heavy atom. The van der Waals surface area contributed by atoms with Crippen molar-refractivity contribution in [2.75, 3.05) is 10.6 Å². The van der Waals surface area contributed by atoms with Crippen LogP contribution >= 0.6 is 45.3 Å². The molecule has 12 heteroatoms. The van der Waals surface area contributed by atoms with Gasteiger partial charge in [-0.1, -0.05) is 26.0 Å². The normalized spacial score (nSPS) is 11.3. The molecule has 4 rings (SSSR count). The minimum Gasteiger partial charge on any atom is -0.545 e. The van der Waals surface area contributed by atoms with Gasteiger partial charge >= 0.3 is 0 Å². The van der Waals surface area contributed by atoms with Gasteiger partial charge in [0.1, 0.15) is 10.0 Å². The lowest BCUT2D eigenvalue weighted by molar-refractivity contribution is -0.255. The summed E-state index contributed by atoms with van der Waals surface area (Å²) in [6, 6.07) is 7.18. The van der Waals surface area contributed by atoms with Crippen molar-refractivity contribution in [1.82, 2.24) is 0 Å². The van der Waals surface area contributed by atoms with Gasteiger partial charge in [-0.25, -0.2) is 0 Å². The number of carbonyl (C=O) groups excluding carboxylic acids is 4. The van der Waals surface area contributed by atoms with Crippen LogP contribution in [0.15, 0.2) is 45.8 Å². The van der Waals surface area contributed by atoms with Crippen molar-refractivity contribution in [2.45, 2.75) is 26.7 Å². The zero-order valence-corrected chi connectivity index (χ0v) is 22.9. The molecule has 0 aliphatic heterocycles. The van der Waals surface area contributed by atoms with Gasteiger partial charge in [-0.3, -0.25) is 9.59 Å². The van der Waals surface area contributed by atoms with Gasteiger partial charge < -0.3 is 30.4 Å². The Balaban J connectivity index is 1.42. The van der Waals surface area contributed by atoms with Gasteiger partial charge in [0, 0.05) is 55.6 Å². The molecule has 0 radical (unpaired) electrons. The standard InChI is InChI=1S/C25H22N2O6S4/c1-25(2,9-17(28)26-21-19(23(30)31)13(11-36-21)15-5-3-7-34-15)10-18(29)27-22-20(24(32)33)14(12-37-22)16-6-4-8-35-16/h3-8,11-12H,9-10H2,1-2H3,(H,26,28)(H,27,29)(H,30,31)(H,32,33)/p-2. The summed E-state index contributed by atoms with van der Waals surface area (Å²) in [4.78, 5) is 50.6. The third-order valence-corrected chi connectivity index (χ3v) is 8.94. The van der Waals surface area contributed by atoms with E-state index in [1.165, 1.54) is 22.7 Å². The van der Waals surface area contributed by atoms with E-state index >= 15 is 0 Å². The third kappa shape index (κ3) is 6.16. The highest BCUT2D eigenvalue weighted by Crippen LogP contribution is 2.39. The fourth-order valence-corrected chi connectivity index (χ4v) is 7.38. The Labute approximate surface area is 228 Å². The Morgan fingerprint density at radius 1 is 0.730 bits per heavy atom. The number of rotatable bonds is 10. The lowest BCUT2D eigenvalue weighted by Gasteiger charge is -2.23. The fraction of sp³-hybridized carbons (Fsp3) is 0.200. The number of nitrogens with one attached hydrogen (secondary N) is 2. The van der Waals surface area contributed by atoms with Crippen LogP contribution in [0.1, 0.15) is 47.4 Å². The van der Waals surface area contributed by atoms with Gasteiger partial charge in [0.05, 0.1) is 11.9 Å². The molecule has 0 saturated carbocycles. The first-order valence-corrected chi connectivity index (χ1v) is 14.4. The minimum atomic E-state index is -1.39. The first kappa shape index (κ1) is 26.7. The molecule has 8 nitrogen and oxygen atoms in total. The maximum Gasteiger partial charge on any atom is 0.225 e. The highest BCUT2D eigenvalue weighted by atomic mass is 32.1. The van der Waals surface area contributed by atoms with Gasteiger partial charge in [-0.05, 0) is 28.3 Å². The maximum absolute atomic E-state index is 12.8. The average molecular weight is 573 g/mol. The summed E-state index contributed by atoms with van der Waals surface area (Å²) < 4.78 is 0. The second-order valence-corrected chi connectivity index (χ2v) is 12.5. The monoisotopic (exact) mass is 572 g/mol. The number of aromatic carboxylic acids is 2. The minimum absolute atomic E-state index is 0.0721. The molecule has 0 unspecified atom stereocenters. The second kappa shape index (κ2) is 11.0. The molecular formula is C25H20N2O6S4-2. The summed E-state index contributed by atoms with van der Waals surface area (Å²) in [6.07, 6.45) is -0.144. The van der Waals surface area contributed by atoms with Crippen LogP contribution in [0, 0.1) is 5.41 Å². The second-order valence-electron chi connectivity index (χ2n) is 8.85. The van der Waals surface area contributed by atoms with E-state index in [4.69, 9.17) is 0 Å². The van der Waals surface area contributed by atoms with Crippen molar-refractivity contribution in [3.63, 3.8) is 0 Å². The zero-order valence-electron chi connectivity index (χ0n) is 19.6. The van der Waals surface area contributed by atoms with Crippen LogP contribution in [-0.2, 0) is 9.59 Å². The van der Waals surface area contributed by atoms with Crippen LogP contribution in [0.4, 0.5) is 10.0 Å². The van der Waals surface area contributed by atoms with E-state index in [9.17, 15) is 29.4 Å². The number of amides is 2. The molecule has 0 fully saturated rings. The molecule has 2 amide bonds. The number of hydrogen-bond acceptors (Lipinski definition) is 10. The first-order valence-electron chi connectivity index (χ1n) is 10.9. The van der Waals surface area contributed by atoms with Crippen molar-refractivity contribution in [3.8, 4) is 20.9 Å². The van der Waals surface area contributed by atoms with Crippen LogP contribution < -0.4 is 20.8 Å². The molecule has 4 aromatic rings. The quantitative estimate of drug-likeness (QED) is 0.289. The summed E-state index contributed by atoms with van der Waals surface area (Å²) in [7, 11) is 0. The lowest BCUT2D eigenvalue weighted by Crippen LogP contribution is -2.29. The molecule has 4 aromatic heterocycles. The van der Waals surface area contributed by atoms with E-state index in [-0.39, 0.29) is 34.0 Å². The van der Waals surface area contributed by atoms with Crippen LogP contribution in [0.25, 0.3) is 20.9 Å². The van der Waals surface area contributed by atoms with E-state index in [0.717, 1.165) is 32.4 Å². The number of thiophene rings is 4. The molecular weight excluding hydrogens is 553 g/mol. The predicted octanol–water partition coefficient (Wildman–Crippen LogP) is 4.38. The maximum atomic E-state index is 12.8. The summed E-state index contributed by atoms with van der Waals surface area (Å²) >= 11 is 4.95. The topological polar surface area (TPSA) is 138 Å². The smallest absolute Gasteiger partial charge is 0.225 e. The fourth-order valence-electron chi connectivity index (χ4n) is 3.80. The Morgan fingerprint density at radius 2 is 1.14 bits per heavy atom. The molecule has 0 spiro atoms. The lowest BCUT2D eigenvalue weighted by atomic mass is 9.85. The van der Waals surface area contributed by atoms with Crippen molar-refractivity contribution in [1.29, 1.82) is 0 Å². The molecule has 0 aliphatic carbocycles. The number of carboxylic acid groups (broad SMARTS) is 2. The van der Waals surface area contributed by atoms with E-state index < -0.39 is 29.2 Å². The molecule has 0 aromatic carbocycles. The summed E-state index contributed by atoms with van der Waals surface area (Å²) in [5, 5.41) is 36.2. The summed E-state index contributed by atoms with van der Waals surface area (Å²) in [5.41, 5.74) is 0.000847. The van der Waals surface area contributed by atoms with Crippen LogP contribution in [0.3, 0.4) is 0 Å². The number of carbonyl (C=O) groups is 4. The van der Waals surface area contributed by atoms with Crippen molar-refractivity contribution in [3.05, 3.63) is 56.9 Å². The largest absolute Gasteiger partial charge is 0.545 e. The van der Waals surface area contributed by atoms with E-state index in [0.29, 0.717) is 11.1 Å². The molecule has 0 saturated heterocycles. The Bertz CT molecular complexity index is 1340. The van der Waals surface area contributed by atoms with Crippen molar-refractivity contribution < 1.29 is 29.4 Å². The average Bonchev–Trinajstić information content (AvgIpc) is 3.58. The van der Waals surface area contributed by atoms with Gasteiger partial charge in [0.25, 0.3) is 0 Å². The molecule has 0 aliphatic rings. The van der Waals surface area contributed by atoms with Crippen LogP contribution in [0.5, 0.6) is 0 Å². The van der Waals surface area contributed by atoms with E-state index in [1.807, 2.05) is 10.8 Å². The first-order chi connectivity index (χ1) is 17.6. The number of carboxylic acids is 2.